The number of rotatable bonds is 17. The highest BCUT2D eigenvalue weighted by atomic mass is 32.2. The Morgan fingerprint density at radius 2 is 1.39 bits per heavy atom. The Hall–Kier alpha value is -5.15. The third-order valence-corrected chi connectivity index (χ3v) is 8.07. The molecule has 272 valence electrons. The minimum Gasteiger partial charge on any atom is -0.382 e. The van der Waals surface area contributed by atoms with Crippen LogP contribution in [0.25, 0.3) is 11.1 Å². The van der Waals surface area contributed by atoms with E-state index in [1.807, 2.05) is 35.6 Å². The number of carbonyl (C=O) groups is 5. The van der Waals surface area contributed by atoms with Crippen molar-refractivity contribution in [3.8, 4) is 11.1 Å². The molecule has 5 atom stereocenters. The van der Waals surface area contributed by atoms with Gasteiger partial charge in [-0.05, 0) is 59.9 Å². The van der Waals surface area contributed by atoms with Crippen molar-refractivity contribution < 1.29 is 42.3 Å². The summed E-state index contributed by atoms with van der Waals surface area (Å²) >= 11 is 1.27. The fourth-order valence-corrected chi connectivity index (χ4v) is 5.18. The van der Waals surface area contributed by atoms with Crippen LogP contribution < -0.4 is 27.0 Å². The predicted molar refractivity (Wildman–Crippen MR) is 188 cm³/mol. The predicted octanol–water partition coefficient (Wildman–Crippen LogP) is 3.23. The minimum atomic E-state index is -5.12. The van der Waals surface area contributed by atoms with E-state index in [-0.39, 0.29) is 12.0 Å². The second-order valence-corrected chi connectivity index (χ2v) is 12.3. The average molecular weight is 728 g/mol. The lowest BCUT2D eigenvalue weighted by molar-refractivity contribution is -0.212. The minimum absolute atomic E-state index is 0.0470. The van der Waals surface area contributed by atoms with Crippen LogP contribution >= 0.6 is 11.8 Å². The summed E-state index contributed by atoms with van der Waals surface area (Å²) in [6.45, 7) is 1.20. The van der Waals surface area contributed by atoms with Crippen LogP contribution in [0.5, 0.6) is 0 Å². The first-order chi connectivity index (χ1) is 24.2. The average Bonchev–Trinajstić information content (AvgIpc) is 3.11. The second-order valence-electron chi connectivity index (χ2n) is 11.5. The first-order valence-corrected chi connectivity index (χ1v) is 17.1. The molecule has 0 aliphatic rings. The lowest BCUT2D eigenvalue weighted by Crippen LogP contribution is -2.58. The Bertz CT molecular complexity index is 1660. The van der Waals surface area contributed by atoms with Crippen molar-refractivity contribution in [2.24, 2.45) is 5.73 Å². The fourth-order valence-electron chi connectivity index (χ4n) is 4.87. The molecule has 5 amide bonds. The maximum atomic E-state index is 13.6. The molecule has 0 fully saturated rings. The number of hydrogen-bond donors (Lipinski definition) is 6. The lowest BCUT2D eigenvalue weighted by atomic mass is 10.0. The highest BCUT2D eigenvalue weighted by Crippen LogP contribution is 2.24. The maximum Gasteiger partial charge on any atom is 0.416 e. The van der Waals surface area contributed by atoms with Crippen LogP contribution in [0.4, 0.5) is 13.2 Å². The number of hydrogen-bond acceptors (Lipinski definition) is 7. The number of carbonyl (C=O) groups excluding carboxylic acids is 5. The number of nitrogens with one attached hydrogen (secondary N) is 4. The third kappa shape index (κ3) is 12.9. The van der Waals surface area contributed by atoms with Crippen molar-refractivity contribution in [3.05, 3.63) is 108 Å². The summed E-state index contributed by atoms with van der Waals surface area (Å²) in [5, 5.41) is 21.1. The molecular weight excluding hydrogens is 687 g/mol. The Morgan fingerprint density at radius 1 is 0.804 bits per heavy atom. The van der Waals surface area contributed by atoms with Gasteiger partial charge in [-0.2, -0.15) is 13.2 Å². The molecule has 3 aromatic rings. The van der Waals surface area contributed by atoms with Crippen molar-refractivity contribution in [1.82, 2.24) is 21.3 Å². The Morgan fingerprint density at radius 3 is 1.96 bits per heavy atom. The number of halogens is 3. The molecule has 0 radical (unpaired) electrons. The molecule has 0 heterocycles. The molecule has 5 unspecified atom stereocenters. The van der Waals surface area contributed by atoms with Crippen LogP contribution in [0.1, 0.15) is 35.7 Å². The number of alkyl halides is 3. The van der Waals surface area contributed by atoms with E-state index in [0.717, 1.165) is 11.1 Å². The number of nitrogens with two attached hydrogens (primary N) is 1. The number of benzene rings is 3. The van der Waals surface area contributed by atoms with Crippen molar-refractivity contribution in [2.75, 3.05) is 6.26 Å². The summed E-state index contributed by atoms with van der Waals surface area (Å²) < 4.78 is 39.8. The van der Waals surface area contributed by atoms with Crippen LogP contribution in [-0.2, 0) is 25.6 Å². The van der Waals surface area contributed by atoms with Crippen LogP contribution in [0.3, 0.4) is 0 Å². The van der Waals surface area contributed by atoms with Gasteiger partial charge in [0.2, 0.25) is 23.6 Å². The van der Waals surface area contributed by atoms with Crippen LogP contribution in [0.15, 0.2) is 96.4 Å². The summed E-state index contributed by atoms with van der Waals surface area (Å²) in [6, 6.07) is 19.0. The van der Waals surface area contributed by atoms with Gasteiger partial charge in [0, 0.05) is 18.4 Å². The zero-order valence-electron chi connectivity index (χ0n) is 27.9. The number of thioether (sulfide) groups is 1. The van der Waals surface area contributed by atoms with Gasteiger partial charge in [0.25, 0.3) is 5.91 Å². The van der Waals surface area contributed by atoms with E-state index in [0.29, 0.717) is 5.56 Å². The van der Waals surface area contributed by atoms with Gasteiger partial charge in [0.1, 0.15) is 18.1 Å². The summed E-state index contributed by atoms with van der Waals surface area (Å²) in [6.07, 6.45) is -6.13. The van der Waals surface area contributed by atoms with E-state index in [2.05, 4.69) is 16.0 Å². The zero-order chi connectivity index (χ0) is 37.6. The number of aliphatic hydroxyl groups excluding tert-OH is 1. The molecule has 3 rings (SSSR count). The first kappa shape index (κ1) is 40.3. The zero-order valence-corrected chi connectivity index (χ0v) is 28.7. The van der Waals surface area contributed by atoms with Gasteiger partial charge in [-0.15, -0.1) is 11.8 Å². The van der Waals surface area contributed by atoms with E-state index < -0.39 is 78.8 Å². The van der Waals surface area contributed by atoms with Gasteiger partial charge >= 0.3 is 6.18 Å². The smallest absolute Gasteiger partial charge is 0.382 e. The number of primary amides is 1. The monoisotopic (exact) mass is 727 g/mol. The van der Waals surface area contributed by atoms with Gasteiger partial charge in [0.05, 0.1) is 6.04 Å². The Labute approximate surface area is 297 Å². The number of amides is 5. The van der Waals surface area contributed by atoms with Gasteiger partial charge < -0.3 is 32.1 Å². The highest BCUT2D eigenvalue weighted by molar-refractivity contribution is 8.01. The van der Waals surface area contributed by atoms with Crippen molar-refractivity contribution >= 4 is 41.3 Å². The topological polar surface area (TPSA) is 180 Å². The van der Waals surface area contributed by atoms with Crippen molar-refractivity contribution in [1.29, 1.82) is 0 Å². The largest absolute Gasteiger partial charge is 0.416 e. The molecule has 0 spiro atoms. The molecule has 0 aromatic heterocycles. The highest BCUT2D eigenvalue weighted by Gasteiger charge is 2.44. The lowest BCUT2D eigenvalue weighted by Gasteiger charge is -2.28. The molecule has 3 aromatic carbocycles. The van der Waals surface area contributed by atoms with E-state index in [1.54, 1.807) is 66.3 Å². The van der Waals surface area contributed by atoms with E-state index in [1.165, 1.54) is 24.8 Å². The van der Waals surface area contributed by atoms with Gasteiger partial charge in [0.15, 0.2) is 6.10 Å². The van der Waals surface area contributed by atoms with Gasteiger partial charge in [-0.3, -0.25) is 24.0 Å². The standard InChI is InChI=1S/C36H40F3N5O6S/c1-22(32(47)42-27(17-18-30(40)45)31(46)36(37,38)39)41-35(50)29(21-23-9-5-3-6-10-23)44-34(49)28(19-20-51-2)43-33(48)26-15-13-25(14-16-26)24-11-7-4-8-12-24/h3-16,19-20,22,27-29,31,46H,17-18,21H2,1-2H3,(H2,40,45)(H,41,50)(H,42,47)(H,43,48)(H,44,49). The summed E-state index contributed by atoms with van der Waals surface area (Å²) in [5.74, 6) is -4.18. The van der Waals surface area contributed by atoms with Crippen LogP contribution in [0, 0.1) is 0 Å². The molecule has 7 N–H and O–H groups in total. The maximum absolute atomic E-state index is 13.6. The summed E-state index contributed by atoms with van der Waals surface area (Å²) in [5.41, 5.74) is 7.80. The molecule has 0 saturated carbocycles. The molecule has 0 aliphatic heterocycles. The van der Waals surface area contributed by atoms with Crippen molar-refractivity contribution in [3.63, 3.8) is 0 Å². The molecule has 0 aliphatic carbocycles. The van der Waals surface area contributed by atoms with Gasteiger partial charge in [-0.25, -0.2) is 0 Å². The quantitative estimate of drug-likeness (QED) is 0.124. The van der Waals surface area contributed by atoms with E-state index in [4.69, 9.17) is 5.73 Å². The number of aliphatic hydroxyl groups is 1. The second kappa shape index (κ2) is 19.3. The molecule has 0 bridgehead atoms. The molecule has 0 saturated heterocycles. The molecule has 51 heavy (non-hydrogen) atoms. The van der Waals surface area contributed by atoms with Crippen LogP contribution in [-0.4, -0.2) is 77.3 Å². The molecular formula is C36H40F3N5O6S. The molecule has 11 nitrogen and oxygen atoms in total. The van der Waals surface area contributed by atoms with E-state index >= 15 is 0 Å². The summed E-state index contributed by atoms with van der Waals surface area (Å²) in [7, 11) is 0. The Kier molecular flexibility index (Phi) is 15.2. The van der Waals surface area contributed by atoms with Crippen LogP contribution in [0.2, 0.25) is 0 Å². The summed E-state index contributed by atoms with van der Waals surface area (Å²) in [4.78, 5) is 64.4. The Balaban J connectivity index is 1.76. The third-order valence-electron chi connectivity index (χ3n) is 7.64. The normalized spacial score (nSPS) is 14.4. The molecule has 15 heteroatoms. The van der Waals surface area contributed by atoms with Crippen molar-refractivity contribution in [2.45, 2.75) is 62.6 Å². The SMILES string of the molecule is CSC=CC(NC(=O)c1ccc(-c2ccccc2)cc1)C(=O)NC(Cc1ccccc1)C(=O)NC(C)C(=O)NC(CCC(N)=O)C(O)C(F)(F)F. The van der Waals surface area contributed by atoms with Gasteiger partial charge in [-0.1, -0.05) is 72.8 Å². The first-order valence-electron chi connectivity index (χ1n) is 15.8. The van der Waals surface area contributed by atoms with E-state index in [9.17, 15) is 42.3 Å². The fraction of sp³-hybridized carbons (Fsp3) is 0.306.